The van der Waals surface area contributed by atoms with E-state index in [9.17, 15) is 9.59 Å². The number of carbonyl (C=O) groups is 1. The number of hydrogen-bond acceptors (Lipinski definition) is 5. The number of ether oxygens (including phenoxy) is 2. The van der Waals surface area contributed by atoms with Gasteiger partial charge in [0.1, 0.15) is 17.5 Å². The summed E-state index contributed by atoms with van der Waals surface area (Å²) in [6.07, 6.45) is 0. The van der Waals surface area contributed by atoms with Crippen molar-refractivity contribution in [2.45, 2.75) is 26.8 Å². The summed E-state index contributed by atoms with van der Waals surface area (Å²) in [5, 5.41) is 7.22. The molecule has 0 unspecified atom stereocenters. The predicted molar refractivity (Wildman–Crippen MR) is 99.6 cm³/mol. The van der Waals surface area contributed by atoms with Gasteiger partial charge in [-0.25, -0.2) is 4.68 Å². The number of rotatable bonds is 7. The molecule has 0 bridgehead atoms. The third kappa shape index (κ3) is 4.41. The van der Waals surface area contributed by atoms with E-state index in [-0.39, 0.29) is 5.91 Å². The highest BCUT2D eigenvalue weighted by Gasteiger charge is 2.20. The summed E-state index contributed by atoms with van der Waals surface area (Å²) in [5.74, 6) is 1.13. The quantitative estimate of drug-likeness (QED) is 0.820. The van der Waals surface area contributed by atoms with Gasteiger partial charge in [-0.1, -0.05) is 13.8 Å². The van der Waals surface area contributed by atoms with Gasteiger partial charge in [0.05, 0.1) is 14.2 Å². The first-order valence-corrected chi connectivity index (χ1v) is 8.47. The Hall–Kier alpha value is -2.83. The maximum atomic E-state index is 12.4. The van der Waals surface area contributed by atoms with Gasteiger partial charge in [-0.15, -0.1) is 0 Å². The lowest BCUT2D eigenvalue weighted by molar-refractivity contribution is -0.124. The molecule has 1 aromatic heterocycles. The van der Waals surface area contributed by atoms with Crippen LogP contribution in [0.1, 0.15) is 26.8 Å². The van der Waals surface area contributed by atoms with Gasteiger partial charge in [-0.05, 0) is 37.1 Å². The number of nitrogens with zero attached hydrogens (tertiary/aromatic N) is 2. The highest BCUT2D eigenvalue weighted by molar-refractivity contribution is 5.79. The Labute approximate surface area is 152 Å². The first kappa shape index (κ1) is 19.5. The van der Waals surface area contributed by atoms with Crippen molar-refractivity contribution in [1.29, 1.82) is 0 Å². The zero-order valence-corrected chi connectivity index (χ0v) is 15.8. The van der Waals surface area contributed by atoms with E-state index < -0.39 is 11.6 Å². The molecule has 0 saturated heterocycles. The van der Waals surface area contributed by atoms with E-state index in [1.54, 1.807) is 26.2 Å². The van der Waals surface area contributed by atoms with Gasteiger partial charge < -0.3 is 14.8 Å². The Bertz CT molecular complexity index is 813. The van der Waals surface area contributed by atoms with Crippen molar-refractivity contribution in [1.82, 2.24) is 15.1 Å². The molecule has 7 nitrogen and oxygen atoms in total. The molecule has 1 amide bonds. The number of nitrogens with one attached hydrogen (secondary N) is 1. The zero-order chi connectivity index (χ0) is 19.3. The monoisotopic (exact) mass is 359 g/mol. The van der Waals surface area contributed by atoms with Crippen molar-refractivity contribution in [3.63, 3.8) is 0 Å². The summed E-state index contributed by atoms with van der Waals surface area (Å²) in [4.78, 5) is 24.7. The first-order valence-electron chi connectivity index (χ1n) is 8.47. The minimum Gasteiger partial charge on any atom is -0.497 e. The van der Waals surface area contributed by atoms with Crippen molar-refractivity contribution in [3.05, 3.63) is 40.7 Å². The maximum Gasteiger partial charge on any atom is 0.271 e. The summed E-state index contributed by atoms with van der Waals surface area (Å²) >= 11 is 0. The molecule has 0 aliphatic rings. The minimum absolute atomic E-state index is 0.251. The molecule has 0 spiro atoms. The molecule has 1 atom stereocenters. The van der Waals surface area contributed by atoms with E-state index in [1.807, 2.05) is 26.0 Å². The molecule has 0 aliphatic heterocycles. The van der Waals surface area contributed by atoms with Crippen molar-refractivity contribution in [3.8, 4) is 22.8 Å². The van der Waals surface area contributed by atoms with Crippen LogP contribution in [0, 0.1) is 5.92 Å². The van der Waals surface area contributed by atoms with Crippen LogP contribution in [0.5, 0.6) is 11.5 Å². The molecule has 2 rings (SSSR count). The van der Waals surface area contributed by atoms with Gasteiger partial charge in [0, 0.05) is 18.2 Å². The van der Waals surface area contributed by atoms with Gasteiger partial charge in [0.15, 0.2) is 5.75 Å². The Balaban J connectivity index is 2.41. The summed E-state index contributed by atoms with van der Waals surface area (Å²) in [6, 6.07) is 7.85. The number of aromatic nitrogens is 2. The molecule has 0 fully saturated rings. The van der Waals surface area contributed by atoms with Crippen molar-refractivity contribution in [2.24, 2.45) is 5.92 Å². The normalized spacial score (nSPS) is 11.9. The van der Waals surface area contributed by atoms with E-state index in [2.05, 4.69) is 10.4 Å². The van der Waals surface area contributed by atoms with E-state index in [0.29, 0.717) is 29.7 Å². The van der Waals surface area contributed by atoms with Crippen LogP contribution in [0.2, 0.25) is 0 Å². The third-order valence-electron chi connectivity index (χ3n) is 3.94. The largest absolute Gasteiger partial charge is 0.497 e. The molecule has 26 heavy (non-hydrogen) atoms. The zero-order valence-electron chi connectivity index (χ0n) is 15.8. The Morgan fingerprint density at radius 1 is 1.15 bits per heavy atom. The Kier molecular flexibility index (Phi) is 6.38. The molecule has 2 aromatic rings. The van der Waals surface area contributed by atoms with Crippen LogP contribution in [0.25, 0.3) is 11.3 Å². The van der Waals surface area contributed by atoms with E-state index in [0.717, 1.165) is 5.56 Å². The molecular formula is C19H25N3O4. The number of carbonyl (C=O) groups excluding carboxylic acids is 1. The summed E-state index contributed by atoms with van der Waals surface area (Å²) in [5.41, 5.74) is 0.843. The Morgan fingerprint density at radius 2 is 1.81 bits per heavy atom. The van der Waals surface area contributed by atoms with E-state index >= 15 is 0 Å². The molecule has 140 valence electrons. The molecule has 7 heteroatoms. The fourth-order valence-electron chi connectivity index (χ4n) is 2.40. The fourth-order valence-corrected chi connectivity index (χ4v) is 2.40. The lowest BCUT2D eigenvalue weighted by Crippen LogP contribution is -2.38. The fraction of sp³-hybridized carbons (Fsp3) is 0.421. The van der Waals surface area contributed by atoms with Crippen LogP contribution in [0.3, 0.4) is 0 Å². The van der Waals surface area contributed by atoms with Crippen LogP contribution in [-0.2, 0) is 4.79 Å². The lowest BCUT2D eigenvalue weighted by Gasteiger charge is -2.17. The van der Waals surface area contributed by atoms with E-state index in [1.165, 1.54) is 17.9 Å². The summed E-state index contributed by atoms with van der Waals surface area (Å²) < 4.78 is 11.6. The van der Waals surface area contributed by atoms with Crippen LogP contribution in [0.15, 0.2) is 35.1 Å². The number of amides is 1. The lowest BCUT2D eigenvalue weighted by atomic mass is 10.1. The van der Waals surface area contributed by atoms with Crippen LogP contribution in [-0.4, -0.2) is 36.5 Å². The van der Waals surface area contributed by atoms with Crippen molar-refractivity contribution < 1.29 is 14.3 Å². The van der Waals surface area contributed by atoms with Crippen LogP contribution < -0.4 is 20.3 Å². The average molecular weight is 359 g/mol. The van der Waals surface area contributed by atoms with Gasteiger partial charge >= 0.3 is 0 Å². The standard InChI is InChI=1S/C19H25N3O4/c1-12(2)11-20-19(24)13(3)22-17(23)10-16(26-5)18(21-22)14-6-8-15(25-4)9-7-14/h6-10,12-13H,11H2,1-5H3,(H,20,24)/t13-/m0/s1. The number of benzene rings is 1. The average Bonchev–Trinajstić information content (AvgIpc) is 2.65. The molecule has 0 aliphatic carbocycles. The summed E-state index contributed by atoms with van der Waals surface area (Å²) in [7, 11) is 3.07. The predicted octanol–water partition coefficient (Wildman–Crippen LogP) is 2.26. The van der Waals surface area contributed by atoms with Gasteiger partial charge in [0.2, 0.25) is 5.91 Å². The second-order valence-corrected chi connectivity index (χ2v) is 6.39. The maximum absolute atomic E-state index is 12.4. The topological polar surface area (TPSA) is 82.5 Å². The van der Waals surface area contributed by atoms with Gasteiger partial charge in [0.25, 0.3) is 5.56 Å². The second-order valence-electron chi connectivity index (χ2n) is 6.39. The molecular weight excluding hydrogens is 334 g/mol. The van der Waals surface area contributed by atoms with Gasteiger partial charge in [-0.2, -0.15) is 5.10 Å². The number of hydrogen-bond donors (Lipinski definition) is 1. The smallest absolute Gasteiger partial charge is 0.271 e. The molecule has 0 radical (unpaired) electrons. The molecule has 1 N–H and O–H groups in total. The Morgan fingerprint density at radius 3 is 2.35 bits per heavy atom. The van der Waals surface area contributed by atoms with Crippen molar-refractivity contribution in [2.75, 3.05) is 20.8 Å². The molecule has 1 heterocycles. The first-order chi connectivity index (χ1) is 12.4. The molecule has 0 saturated carbocycles. The molecule has 1 aromatic carbocycles. The van der Waals surface area contributed by atoms with Crippen molar-refractivity contribution >= 4 is 5.91 Å². The summed E-state index contributed by atoms with van der Waals surface area (Å²) in [6.45, 7) is 6.20. The highest BCUT2D eigenvalue weighted by atomic mass is 16.5. The minimum atomic E-state index is -0.732. The highest BCUT2D eigenvalue weighted by Crippen LogP contribution is 2.28. The van der Waals surface area contributed by atoms with Gasteiger partial charge in [-0.3, -0.25) is 9.59 Å². The van der Waals surface area contributed by atoms with Crippen LogP contribution >= 0.6 is 0 Å². The third-order valence-corrected chi connectivity index (χ3v) is 3.94. The second kappa shape index (κ2) is 8.51. The van der Waals surface area contributed by atoms with E-state index in [4.69, 9.17) is 9.47 Å². The number of methoxy groups -OCH3 is 2. The SMILES string of the molecule is COc1ccc(-c2nn([C@@H](C)C(=O)NCC(C)C)c(=O)cc2OC)cc1. The van der Waals surface area contributed by atoms with Crippen LogP contribution in [0.4, 0.5) is 0 Å².